The molecule has 368 valence electrons. The summed E-state index contributed by atoms with van der Waals surface area (Å²) in [6.45, 7) is 11.8. The van der Waals surface area contributed by atoms with Crippen LogP contribution in [-0.2, 0) is 44.6 Å². The molecule has 0 heterocycles. The summed E-state index contributed by atoms with van der Waals surface area (Å²) in [5.41, 5.74) is 1.17. The molecule has 1 unspecified atom stereocenters. The number of unbranched alkanes of at least 4 members (excludes halogenated alkanes) is 22. The molecule has 1 rings (SSSR count). The minimum atomic E-state index is -0.0550. The second kappa shape index (κ2) is 47.9. The van der Waals surface area contributed by atoms with Crippen LogP contribution in [0.5, 0.6) is 0 Å². The van der Waals surface area contributed by atoms with E-state index in [-0.39, 0.29) is 24.1 Å². The molecule has 0 amide bonds. The molecule has 0 spiro atoms. The lowest BCUT2D eigenvalue weighted by molar-refractivity contribution is -0.151. The van der Waals surface area contributed by atoms with Crippen LogP contribution in [0.3, 0.4) is 0 Å². The highest BCUT2D eigenvalue weighted by atomic mass is 16.5. The number of ether oxygens (including phenoxy) is 6. The summed E-state index contributed by atoms with van der Waals surface area (Å²) in [5, 5.41) is 0. The van der Waals surface area contributed by atoms with Crippen LogP contribution in [0.4, 0.5) is 0 Å². The third-order valence-corrected chi connectivity index (χ3v) is 12.0. The molecule has 1 atom stereocenters. The molecule has 0 aliphatic carbocycles. The molecular formula is C55H100O8. The van der Waals surface area contributed by atoms with Crippen LogP contribution in [0, 0.1) is 0 Å². The maximum absolute atomic E-state index is 12.7. The van der Waals surface area contributed by atoms with E-state index in [1.54, 1.807) is 0 Å². The number of carbonyl (C=O) groups excluding carboxylic acids is 2. The van der Waals surface area contributed by atoms with Gasteiger partial charge < -0.3 is 28.4 Å². The smallest absolute Gasteiger partial charge is 0.306 e. The molecule has 8 nitrogen and oxygen atoms in total. The van der Waals surface area contributed by atoms with Crippen LogP contribution < -0.4 is 0 Å². The van der Waals surface area contributed by atoms with E-state index < -0.39 is 0 Å². The van der Waals surface area contributed by atoms with E-state index >= 15 is 0 Å². The normalized spacial score (nSPS) is 12.0. The first-order valence-electron chi connectivity index (χ1n) is 26.8. The van der Waals surface area contributed by atoms with Crippen molar-refractivity contribution in [2.45, 2.75) is 258 Å². The van der Waals surface area contributed by atoms with Gasteiger partial charge in [-0.05, 0) is 89.0 Å². The highest BCUT2D eigenvalue weighted by Crippen LogP contribution is 2.20. The largest absolute Gasteiger partial charge is 0.462 e. The highest BCUT2D eigenvalue weighted by Gasteiger charge is 2.16. The van der Waals surface area contributed by atoms with Gasteiger partial charge in [-0.1, -0.05) is 173 Å². The Balaban J connectivity index is 2.08. The van der Waals surface area contributed by atoms with Crippen LogP contribution in [0.1, 0.15) is 245 Å². The molecule has 0 aromatic heterocycles. The number of rotatable bonds is 50. The highest BCUT2D eigenvalue weighted by molar-refractivity contribution is 5.69. The molecule has 0 aliphatic rings. The molecule has 0 bridgehead atoms. The monoisotopic (exact) mass is 889 g/mol. The molecule has 8 heteroatoms. The van der Waals surface area contributed by atoms with Crippen molar-refractivity contribution in [1.82, 2.24) is 0 Å². The van der Waals surface area contributed by atoms with Crippen molar-refractivity contribution in [3.05, 3.63) is 35.9 Å². The lowest BCUT2D eigenvalue weighted by Gasteiger charge is -2.18. The van der Waals surface area contributed by atoms with Crippen LogP contribution in [-0.4, -0.2) is 70.4 Å². The van der Waals surface area contributed by atoms with Crippen molar-refractivity contribution in [2.75, 3.05) is 46.2 Å². The maximum atomic E-state index is 12.7. The Morgan fingerprint density at radius 3 is 1.06 bits per heavy atom. The number of benzene rings is 1. The number of hydrogen-bond acceptors (Lipinski definition) is 8. The summed E-state index contributed by atoms with van der Waals surface area (Å²) in [6, 6.07) is 10.2. The van der Waals surface area contributed by atoms with E-state index in [1.807, 2.05) is 18.2 Å². The van der Waals surface area contributed by atoms with Gasteiger partial charge in [0.15, 0.2) is 0 Å². The first kappa shape index (κ1) is 59.0. The second-order valence-corrected chi connectivity index (χ2v) is 18.1. The topological polar surface area (TPSA) is 89.5 Å². The van der Waals surface area contributed by atoms with Gasteiger partial charge in [0.05, 0.1) is 33.0 Å². The molecule has 0 aliphatic heterocycles. The minimum Gasteiger partial charge on any atom is -0.462 e. The van der Waals surface area contributed by atoms with E-state index in [1.165, 1.54) is 140 Å². The Bertz CT molecular complexity index is 1070. The van der Waals surface area contributed by atoms with E-state index in [4.69, 9.17) is 28.4 Å². The van der Waals surface area contributed by atoms with E-state index in [2.05, 4.69) is 32.9 Å². The Morgan fingerprint density at radius 1 is 0.365 bits per heavy atom. The molecule has 0 N–H and O–H groups in total. The molecule has 1 aromatic rings. The predicted molar refractivity (Wildman–Crippen MR) is 262 cm³/mol. The summed E-state index contributed by atoms with van der Waals surface area (Å²) in [7, 11) is 0. The first-order chi connectivity index (χ1) is 31.1. The molecule has 0 saturated heterocycles. The lowest BCUT2D eigenvalue weighted by Crippen LogP contribution is -2.18. The Morgan fingerprint density at radius 2 is 0.683 bits per heavy atom. The summed E-state index contributed by atoms with van der Waals surface area (Å²) >= 11 is 0. The summed E-state index contributed by atoms with van der Waals surface area (Å²) in [6.07, 6.45) is 38.2. The lowest BCUT2D eigenvalue weighted by atomic mass is 10.0. The molecule has 1 aromatic carbocycles. The fourth-order valence-corrected chi connectivity index (χ4v) is 8.01. The van der Waals surface area contributed by atoms with Gasteiger partial charge in [-0.25, -0.2) is 0 Å². The average Bonchev–Trinajstić information content (AvgIpc) is 3.29. The summed E-state index contributed by atoms with van der Waals surface area (Å²) < 4.78 is 35.0. The van der Waals surface area contributed by atoms with Gasteiger partial charge in [-0.15, -0.1) is 0 Å². The van der Waals surface area contributed by atoms with Crippen LogP contribution in [0.2, 0.25) is 0 Å². The van der Waals surface area contributed by atoms with Crippen LogP contribution in [0.25, 0.3) is 0 Å². The number of hydrogen-bond donors (Lipinski definition) is 0. The molecule has 0 saturated carbocycles. The molecule has 63 heavy (non-hydrogen) atoms. The fourth-order valence-electron chi connectivity index (χ4n) is 8.01. The number of esters is 2. The Kier molecular flexibility index (Phi) is 44.9. The zero-order chi connectivity index (χ0) is 45.4. The zero-order valence-electron chi connectivity index (χ0n) is 41.5. The first-order valence-corrected chi connectivity index (χ1v) is 26.8. The van der Waals surface area contributed by atoms with Crippen molar-refractivity contribution in [3.8, 4) is 0 Å². The van der Waals surface area contributed by atoms with Crippen LogP contribution >= 0.6 is 0 Å². The fraction of sp³-hybridized carbons (Fsp3) is 0.855. The van der Waals surface area contributed by atoms with Gasteiger partial charge in [0.1, 0.15) is 12.2 Å². The van der Waals surface area contributed by atoms with E-state index in [0.29, 0.717) is 59.1 Å². The number of carbonyl (C=O) groups is 2. The minimum absolute atomic E-state index is 0.0320. The average molecular weight is 889 g/mol. The van der Waals surface area contributed by atoms with Crippen molar-refractivity contribution in [1.29, 1.82) is 0 Å². The van der Waals surface area contributed by atoms with Crippen molar-refractivity contribution >= 4 is 11.9 Å². The van der Waals surface area contributed by atoms with Crippen molar-refractivity contribution < 1.29 is 38.0 Å². The van der Waals surface area contributed by atoms with E-state index in [9.17, 15) is 9.59 Å². The predicted octanol–water partition coefficient (Wildman–Crippen LogP) is 15.4. The van der Waals surface area contributed by atoms with Crippen molar-refractivity contribution in [3.63, 3.8) is 0 Å². The molecule has 0 fully saturated rings. The SMILES string of the molecule is CCCCCCCCC(CCCCCCCC)OC(=O)CCCCOCCOCCCCCCCCC(CCCCCCCC)OC(=O)CCCCOCCOCc1ccccc1. The standard InChI is InChI=1S/C55H100O8/c1-4-7-10-13-18-26-37-52(38-27-19-14-11-8-5-2)62-54(56)41-30-33-44-59-47-46-58-43-32-22-17-16-21-29-40-53(39-28-20-15-12-9-6-3)63-55(57)42-31-34-45-60-48-49-61-50-51-35-24-23-25-36-51/h23-25,35-36,52-53H,4-22,26-34,37-50H2,1-3H3. The summed E-state index contributed by atoms with van der Waals surface area (Å²) in [5.74, 6) is -0.0869. The molecule has 0 radical (unpaired) electrons. The second-order valence-electron chi connectivity index (χ2n) is 18.1. The Hall–Kier alpha value is -2.00. The van der Waals surface area contributed by atoms with Crippen LogP contribution in [0.15, 0.2) is 30.3 Å². The third kappa shape index (κ3) is 42.4. The summed E-state index contributed by atoms with van der Waals surface area (Å²) in [4.78, 5) is 25.4. The van der Waals surface area contributed by atoms with Gasteiger partial charge in [0.25, 0.3) is 0 Å². The zero-order valence-corrected chi connectivity index (χ0v) is 41.5. The van der Waals surface area contributed by atoms with Crippen molar-refractivity contribution in [2.24, 2.45) is 0 Å². The van der Waals surface area contributed by atoms with Gasteiger partial charge in [0.2, 0.25) is 0 Å². The van der Waals surface area contributed by atoms with Gasteiger partial charge in [-0.2, -0.15) is 0 Å². The quantitative estimate of drug-likeness (QED) is 0.0472. The maximum Gasteiger partial charge on any atom is 0.306 e. The van der Waals surface area contributed by atoms with Gasteiger partial charge in [0, 0.05) is 32.7 Å². The Labute approximate surface area is 388 Å². The third-order valence-electron chi connectivity index (χ3n) is 12.0. The van der Waals surface area contributed by atoms with Gasteiger partial charge >= 0.3 is 11.9 Å². The van der Waals surface area contributed by atoms with Gasteiger partial charge in [-0.3, -0.25) is 9.59 Å². The van der Waals surface area contributed by atoms with E-state index in [0.717, 1.165) is 77.2 Å². The molecular weight excluding hydrogens is 789 g/mol.